The summed E-state index contributed by atoms with van der Waals surface area (Å²) in [6, 6.07) is 5.30. The number of nitrogens with zero attached hydrogens (tertiary/aromatic N) is 1. The molecule has 0 aliphatic carbocycles. The molecule has 0 unspecified atom stereocenters. The summed E-state index contributed by atoms with van der Waals surface area (Å²) >= 11 is 7.65. The predicted molar refractivity (Wildman–Crippen MR) is 98.4 cm³/mol. The molecule has 6 nitrogen and oxygen atoms in total. The number of hydrogen-bond acceptors (Lipinski definition) is 6. The third-order valence-corrected chi connectivity index (χ3v) is 4.64. The second-order valence-electron chi connectivity index (χ2n) is 5.56. The van der Waals surface area contributed by atoms with Gasteiger partial charge in [-0.1, -0.05) is 11.6 Å². The summed E-state index contributed by atoms with van der Waals surface area (Å²) in [4.78, 5) is 25.3. The summed E-state index contributed by atoms with van der Waals surface area (Å²) < 4.78 is 15.5. The maximum absolute atomic E-state index is 12.0. The van der Waals surface area contributed by atoms with Crippen LogP contribution < -0.4 is 9.47 Å². The number of rotatable bonds is 6. The van der Waals surface area contributed by atoms with Crippen LogP contribution in [-0.2, 0) is 20.9 Å². The van der Waals surface area contributed by atoms with Crippen LogP contribution >= 0.6 is 22.9 Å². The van der Waals surface area contributed by atoms with Crippen LogP contribution in [0, 0.1) is 0 Å². The van der Waals surface area contributed by atoms with Crippen LogP contribution in [0.25, 0.3) is 6.08 Å². The monoisotopic (exact) mass is 393 g/mol. The Bertz CT molecular complexity index is 834. The topological polar surface area (TPSA) is 65.1 Å². The number of esters is 1. The summed E-state index contributed by atoms with van der Waals surface area (Å²) in [5.74, 6) is 0.126. The van der Waals surface area contributed by atoms with Gasteiger partial charge in [0, 0.05) is 19.7 Å². The number of benzene rings is 1. The minimum Gasteiger partial charge on any atom is -0.454 e. The van der Waals surface area contributed by atoms with Crippen molar-refractivity contribution < 1.29 is 23.8 Å². The van der Waals surface area contributed by atoms with Crippen molar-refractivity contribution in [3.8, 4) is 11.5 Å². The van der Waals surface area contributed by atoms with E-state index in [-0.39, 0.29) is 19.3 Å². The van der Waals surface area contributed by atoms with Crippen molar-refractivity contribution in [1.29, 1.82) is 0 Å². The molecule has 0 saturated carbocycles. The van der Waals surface area contributed by atoms with Gasteiger partial charge in [-0.2, -0.15) is 11.3 Å². The molecule has 26 heavy (non-hydrogen) atoms. The molecule has 1 amide bonds. The van der Waals surface area contributed by atoms with Crippen molar-refractivity contribution in [3.63, 3.8) is 0 Å². The Balaban J connectivity index is 1.50. The Kier molecular flexibility index (Phi) is 5.80. The van der Waals surface area contributed by atoms with E-state index in [1.54, 1.807) is 30.5 Å². The summed E-state index contributed by atoms with van der Waals surface area (Å²) in [6.07, 6.45) is 2.77. The summed E-state index contributed by atoms with van der Waals surface area (Å²) in [7, 11) is 1.66. The van der Waals surface area contributed by atoms with Crippen LogP contribution in [0.4, 0.5) is 0 Å². The van der Waals surface area contributed by atoms with Gasteiger partial charge in [-0.25, -0.2) is 4.79 Å². The first kappa shape index (κ1) is 18.3. The van der Waals surface area contributed by atoms with Crippen LogP contribution in [0.15, 0.2) is 35.0 Å². The van der Waals surface area contributed by atoms with E-state index in [2.05, 4.69) is 0 Å². The number of carbonyl (C=O) groups excluding carboxylic acids is 2. The number of amides is 1. The fourth-order valence-electron chi connectivity index (χ4n) is 2.28. The van der Waals surface area contributed by atoms with E-state index in [1.807, 2.05) is 16.8 Å². The molecular weight excluding hydrogens is 378 g/mol. The van der Waals surface area contributed by atoms with Gasteiger partial charge >= 0.3 is 5.97 Å². The fraction of sp³-hybridized carbons (Fsp3) is 0.222. The average molecular weight is 394 g/mol. The van der Waals surface area contributed by atoms with E-state index in [9.17, 15) is 9.59 Å². The standard InChI is InChI=1S/C18H16ClNO5S/c1-20(8-13-4-5-26-10-13)16(21)9-23-17(22)3-2-12-6-14(19)18-15(7-12)24-11-25-18/h2-7,10H,8-9,11H2,1H3/b3-2+. The van der Waals surface area contributed by atoms with Gasteiger partial charge in [0.2, 0.25) is 6.79 Å². The summed E-state index contributed by atoms with van der Waals surface area (Å²) in [6.45, 7) is 0.280. The molecule has 1 aromatic heterocycles. The first-order valence-electron chi connectivity index (χ1n) is 7.72. The van der Waals surface area contributed by atoms with Crippen LogP contribution in [-0.4, -0.2) is 37.2 Å². The van der Waals surface area contributed by atoms with Crippen molar-refractivity contribution in [1.82, 2.24) is 4.90 Å². The molecular formula is C18H16ClNO5S. The lowest BCUT2D eigenvalue weighted by Crippen LogP contribution is -2.30. The van der Waals surface area contributed by atoms with Gasteiger partial charge in [-0.15, -0.1) is 0 Å². The minimum absolute atomic E-state index is 0.116. The lowest BCUT2D eigenvalue weighted by molar-refractivity contribution is -0.147. The Morgan fingerprint density at radius 1 is 1.38 bits per heavy atom. The molecule has 3 rings (SSSR count). The van der Waals surface area contributed by atoms with Gasteiger partial charge in [0.25, 0.3) is 5.91 Å². The molecule has 2 aromatic rings. The number of hydrogen-bond donors (Lipinski definition) is 0. The number of likely N-dealkylation sites (N-methyl/N-ethyl adjacent to an activating group) is 1. The molecule has 8 heteroatoms. The molecule has 0 bridgehead atoms. The maximum atomic E-state index is 12.0. The maximum Gasteiger partial charge on any atom is 0.331 e. The number of carbonyl (C=O) groups is 2. The van der Waals surface area contributed by atoms with E-state index in [4.69, 9.17) is 25.8 Å². The number of halogens is 1. The molecule has 0 N–H and O–H groups in total. The van der Waals surface area contributed by atoms with Gasteiger partial charge in [-0.3, -0.25) is 4.79 Å². The Hall–Kier alpha value is -2.51. The van der Waals surface area contributed by atoms with Gasteiger partial charge in [0.15, 0.2) is 18.1 Å². The van der Waals surface area contributed by atoms with Gasteiger partial charge < -0.3 is 19.1 Å². The number of thiophene rings is 1. The van der Waals surface area contributed by atoms with Crippen LogP contribution in [0.2, 0.25) is 5.02 Å². The van der Waals surface area contributed by atoms with Crippen LogP contribution in [0.1, 0.15) is 11.1 Å². The molecule has 0 saturated heterocycles. The number of fused-ring (bicyclic) bond motifs is 1. The summed E-state index contributed by atoms with van der Waals surface area (Å²) in [5.41, 5.74) is 1.70. The van der Waals surface area contributed by atoms with Gasteiger partial charge in [0.05, 0.1) is 5.02 Å². The van der Waals surface area contributed by atoms with Crippen LogP contribution in [0.5, 0.6) is 11.5 Å². The molecule has 136 valence electrons. The second-order valence-corrected chi connectivity index (χ2v) is 6.75. The molecule has 0 fully saturated rings. The van der Waals surface area contributed by atoms with E-state index < -0.39 is 5.97 Å². The molecule has 0 radical (unpaired) electrons. The van der Waals surface area contributed by atoms with Crippen molar-refractivity contribution >= 4 is 40.9 Å². The second kappa shape index (κ2) is 8.25. The lowest BCUT2D eigenvalue weighted by atomic mass is 10.2. The fourth-order valence-corrected chi connectivity index (χ4v) is 3.22. The zero-order valence-electron chi connectivity index (χ0n) is 13.9. The highest BCUT2D eigenvalue weighted by atomic mass is 35.5. The molecule has 1 aliphatic heterocycles. The highest BCUT2D eigenvalue weighted by Crippen LogP contribution is 2.40. The third-order valence-electron chi connectivity index (χ3n) is 3.62. The minimum atomic E-state index is -0.615. The van der Waals surface area contributed by atoms with E-state index in [1.165, 1.54) is 17.1 Å². The Labute approximate surface area is 159 Å². The van der Waals surface area contributed by atoms with Crippen molar-refractivity contribution in [2.75, 3.05) is 20.4 Å². The predicted octanol–water partition coefficient (Wildman–Crippen LogP) is 3.35. The Morgan fingerprint density at radius 3 is 3.00 bits per heavy atom. The van der Waals surface area contributed by atoms with E-state index >= 15 is 0 Å². The smallest absolute Gasteiger partial charge is 0.331 e. The van der Waals surface area contributed by atoms with Crippen molar-refractivity contribution in [3.05, 3.63) is 51.2 Å². The van der Waals surface area contributed by atoms with Gasteiger partial charge in [0.1, 0.15) is 0 Å². The highest BCUT2D eigenvalue weighted by Gasteiger charge is 2.17. The zero-order chi connectivity index (χ0) is 18.5. The van der Waals surface area contributed by atoms with E-state index in [0.717, 1.165) is 5.56 Å². The molecule has 2 heterocycles. The molecule has 0 atom stereocenters. The van der Waals surface area contributed by atoms with E-state index in [0.29, 0.717) is 28.6 Å². The third kappa shape index (κ3) is 4.56. The quantitative estimate of drug-likeness (QED) is 0.556. The van der Waals surface area contributed by atoms with Crippen LogP contribution in [0.3, 0.4) is 0 Å². The molecule has 0 spiro atoms. The van der Waals surface area contributed by atoms with Gasteiger partial charge in [-0.05, 0) is 46.2 Å². The Morgan fingerprint density at radius 2 is 2.23 bits per heavy atom. The molecule has 1 aliphatic rings. The molecule has 1 aromatic carbocycles. The summed E-state index contributed by atoms with van der Waals surface area (Å²) in [5, 5.41) is 4.31. The van der Waals surface area contributed by atoms with Crippen molar-refractivity contribution in [2.24, 2.45) is 0 Å². The lowest BCUT2D eigenvalue weighted by Gasteiger charge is -2.15. The SMILES string of the molecule is CN(Cc1ccsc1)C(=O)COC(=O)/C=C/c1cc(Cl)c2c(c1)OCO2. The highest BCUT2D eigenvalue weighted by molar-refractivity contribution is 7.07. The largest absolute Gasteiger partial charge is 0.454 e. The number of ether oxygens (including phenoxy) is 3. The average Bonchev–Trinajstić information content (AvgIpc) is 3.29. The van der Waals surface area contributed by atoms with Crippen molar-refractivity contribution in [2.45, 2.75) is 6.54 Å². The normalized spacial score (nSPS) is 12.4. The first-order valence-corrected chi connectivity index (χ1v) is 9.04. The first-order chi connectivity index (χ1) is 12.5. The zero-order valence-corrected chi connectivity index (χ0v) is 15.5.